The van der Waals surface area contributed by atoms with Crippen molar-refractivity contribution in [2.45, 2.75) is 6.92 Å². The molecule has 0 aliphatic carbocycles. The number of nitrogens with zero attached hydrogens (tertiary/aromatic N) is 4. The Bertz CT molecular complexity index is 1240. The summed E-state index contributed by atoms with van der Waals surface area (Å²) in [5, 5.41) is 20.2. The fourth-order valence-electron chi connectivity index (χ4n) is 2.60. The van der Waals surface area contributed by atoms with Crippen LogP contribution in [0.4, 0.5) is 10.5 Å². The van der Waals surface area contributed by atoms with Crippen molar-refractivity contribution in [1.82, 2.24) is 15.1 Å². The molecule has 0 fully saturated rings. The zero-order valence-electron chi connectivity index (χ0n) is 16.8. The van der Waals surface area contributed by atoms with Crippen LogP contribution < -0.4 is 15.5 Å². The smallest absolute Gasteiger partial charge is 0.414 e. The van der Waals surface area contributed by atoms with E-state index in [1.54, 1.807) is 29.8 Å². The van der Waals surface area contributed by atoms with Crippen LogP contribution in [0.5, 0.6) is 11.5 Å². The van der Waals surface area contributed by atoms with Gasteiger partial charge >= 0.3 is 6.09 Å². The molecule has 0 bridgehead atoms. The number of ether oxygens (including phenoxy) is 2. The highest BCUT2D eigenvalue weighted by Gasteiger charge is 2.16. The first-order valence-corrected chi connectivity index (χ1v) is 9.88. The van der Waals surface area contributed by atoms with Gasteiger partial charge in [0.2, 0.25) is 5.71 Å². The first-order valence-electron chi connectivity index (χ1n) is 9.13. The summed E-state index contributed by atoms with van der Waals surface area (Å²) in [5.41, 5.74) is 3.00. The molecule has 0 spiro atoms. The maximum Gasteiger partial charge on any atom is 0.414 e. The number of anilines is 1. The number of hydrogen-bond acceptors (Lipinski definition) is 8. The Hall–Kier alpha value is -3.81. The molecule has 2 amide bonds. The molecule has 2 aromatic carbocycles. The third-order valence-electron chi connectivity index (χ3n) is 3.92. The predicted octanol–water partition coefficient (Wildman–Crippen LogP) is 4.24. The fourth-order valence-corrected chi connectivity index (χ4v) is 3.16. The van der Waals surface area contributed by atoms with E-state index in [1.165, 1.54) is 12.1 Å². The monoisotopic (exact) mass is 474 g/mol. The third kappa shape index (κ3) is 5.46. The van der Waals surface area contributed by atoms with Crippen LogP contribution >= 0.6 is 23.2 Å². The average Bonchev–Trinajstić information content (AvgIpc) is 3.10. The lowest BCUT2D eigenvalue weighted by Crippen LogP contribution is -2.36. The lowest BCUT2D eigenvalue weighted by molar-refractivity contribution is -0.114. The number of aromatic nitrogens is 2. The number of carbonyl (C=O) groups is 2. The lowest BCUT2D eigenvalue weighted by atomic mass is 10.2. The Kier molecular flexibility index (Phi) is 7.14. The molecule has 0 radical (unpaired) electrons. The summed E-state index contributed by atoms with van der Waals surface area (Å²) in [4.78, 5) is 23.2. The molecular formula is C20H16Cl2N6O4. The van der Waals surface area contributed by atoms with Crippen molar-refractivity contribution in [2.75, 3.05) is 12.0 Å². The topological polar surface area (TPSA) is 131 Å². The van der Waals surface area contributed by atoms with E-state index in [9.17, 15) is 9.59 Å². The number of hydrazone groups is 1. The van der Waals surface area contributed by atoms with E-state index in [1.807, 2.05) is 24.6 Å². The van der Waals surface area contributed by atoms with Crippen LogP contribution in [0, 0.1) is 11.3 Å². The molecule has 3 aromatic rings. The van der Waals surface area contributed by atoms with Crippen LogP contribution in [0.3, 0.4) is 0 Å². The molecule has 0 atom stereocenters. The van der Waals surface area contributed by atoms with Crippen molar-refractivity contribution in [3.05, 3.63) is 46.6 Å². The van der Waals surface area contributed by atoms with Crippen LogP contribution in [0.15, 0.2) is 41.6 Å². The van der Waals surface area contributed by atoms with E-state index >= 15 is 0 Å². The fraction of sp³-hybridized carbons (Fsp3) is 0.150. The maximum absolute atomic E-state index is 11.9. The number of fused-ring (bicyclic) bond motifs is 1. The molecule has 3 rings (SSSR count). The normalized spacial score (nSPS) is 11.0. The van der Waals surface area contributed by atoms with Crippen molar-refractivity contribution in [3.63, 3.8) is 0 Å². The van der Waals surface area contributed by atoms with Crippen molar-refractivity contribution in [1.29, 1.82) is 5.26 Å². The number of halogens is 2. The van der Waals surface area contributed by atoms with E-state index in [4.69, 9.17) is 33.2 Å². The Labute approximate surface area is 192 Å². The minimum absolute atomic E-state index is 0.0674. The number of alkyl carbamates (subject to hydrolysis) is 1. The second-order valence-electron chi connectivity index (χ2n) is 6.25. The summed E-state index contributed by atoms with van der Waals surface area (Å²) >= 11 is 12.6. The minimum Gasteiger partial charge on any atom is -0.454 e. The lowest BCUT2D eigenvalue weighted by Gasteiger charge is -2.11. The number of aryl methyl sites for hydroxylation is 1. The zero-order chi connectivity index (χ0) is 23.3. The van der Waals surface area contributed by atoms with Gasteiger partial charge in [0.15, 0.2) is 5.75 Å². The first-order chi connectivity index (χ1) is 15.3. The van der Waals surface area contributed by atoms with Crippen molar-refractivity contribution < 1.29 is 19.1 Å². The Morgan fingerprint density at radius 3 is 2.62 bits per heavy atom. The molecule has 12 heteroatoms. The van der Waals surface area contributed by atoms with Gasteiger partial charge in [-0.3, -0.25) is 20.2 Å². The summed E-state index contributed by atoms with van der Waals surface area (Å²) in [6.45, 7) is 1.64. The Morgan fingerprint density at radius 1 is 1.25 bits per heavy atom. The molecule has 1 aromatic heterocycles. The van der Waals surface area contributed by atoms with Crippen LogP contribution in [0.2, 0.25) is 10.0 Å². The molecule has 164 valence electrons. The third-order valence-corrected chi connectivity index (χ3v) is 4.48. The van der Waals surface area contributed by atoms with Crippen molar-refractivity contribution in [3.8, 4) is 17.6 Å². The highest BCUT2D eigenvalue weighted by molar-refractivity contribution is 6.47. The molecule has 0 aliphatic heterocycles. The van der Waals surface area contributed by atoms with Gasteiger partial charge in [-0.1, -0.05) is 23.2 Å². The van der Waals surface area contributed by atoms with E-state index in [-0.39, 0.29) is 28.1 Å². The number of hydrogen-bond donors (Lipinski definition) is 2. The second kappa shape index (κ2) is 10.00. The summed E-state index contributed by atoms with van der Waals surface area (Å²) < 4.78 is 12.1. The van der Waals surface area contributed by atoms with Gasteiger partial charge in [-0.15, -0.1) is 0 Å². The van der Waals surface area contributed by atoms with Gasteiger partial charge in [-0.25, -0.2) is 4.79 Å². The Balaban J connectivity index is 1.75. The predicted molar refractivity (Wildman–Crippen MR) is 119 cm³/mol. The quantitative estimate of drug-likeness (QED) is 0.403. The maximum atomic E-state index is 11.9. The number of carbonyl (C=O) groups excluding carboxylic acids is 2. The van der Waals surface area contributed by atoms with E-state index in [0.717, 1.165) is 10.9 Å². The highest BCUT2D eigenvalue weighted by atomic mass is 35.5. The standard InChI is InChI=1S/C20H16Cl2N6O4/c1-3-31-20(30)24-19(29)17(9-23)26-25-12-7-14(21)18(15(22)8-12)32-13-4-5-16-11(6-13)10-28(2)27-16/h4-8,10,25H,3H2,1-2H3,(H,24,29,30)/b26-17+. The van der Waals surface area contributed by atoms with E-state index in [2.05, 4.69) is 20.4 Å². The van der Waals surface area contributed by atoms with E-state index in [0.29, 0.717) is 5.75 Å². The summed E-state index contributed by atoms with van der Waals surface area (Å²) in [6.07, 6.45) is 0.860. The first kappa shape index (κ1) is 22.9. The zero-order valence-corrected chi connectivity index (χ0v) is 18.4. The SMILES string of the molecule is CCOC(=O)NC(=O)/C(C#N)=N/Nc1cc(Cl)c(Oc2ccc3nn(C)cc3c2)c(Cl)c1. The molecule has 10 nitrogen and oxygen atoms in total. The largest absolute Gasteiger partial charge is 0.454 e. The minimum atomic E-state index is -1.03. The molecule has 32 heavy (non-hydrogen) atoms. The highest BCUT2D eigenvalue weighted by Crippen LogP contribution is 2.39. The number of nitriles is 1. The van der Waals surface area contributed by atoms with Gasteiger partial charge in [0.25, 0.3) is 5.91 Å². The molecule has 0 saturated carbocycles. The van der Waals surface area contributed by atoms with Gasteiger partial charge in [0.1, 0.15) is 11.8 Å². The summed E-state index contributed by atoms with van der Waals surface area (Å²) in [5.74, 6) is -0.302. The summed E-state index contributed by atoms with van der Waals surface area (Å²) in [6, 6.07) is 9.82. The number of imide groups is 1. The van der Waals surface area contributed by atoms with Crippen LogP contribution in [-0.4, -0.2) is 34.1 Å². The van der Waals surface area contributed by atoms with Gasteiger partial charge in [-0.2, -0.15) is 15.5 Å². The van der Waals surface area contributed by atoms with Crippen LogP contribution in [0.1, 0.15) is 6.92 Å². The Morgan fingerprint density at radius 2 is 1.97 bits per heavy atom. The van der Waals surface area contributed by atoms with Crippen LogP contribution in [0.25, 0.3) is 10.9 Å². The second-order valence-corrected chi connectivity index (χ2v) is 7.07. The number of amides is 2. The van der Waals surface area contributed by atoms with Gasteiger partial charge in [-0.05, 0) is 37.3 Å². The number of rotatable bonds is 6. The average molecular weight is 475 g/mol. The van der Waals surface area contributed by atoms with Crippen LogP contribution in [-0.2, 0) is 16.6 Å². The van der Waals surface area contributed by atoms with Gasteiger partial charge < -0.3 is 9.47 Å². The van der Waals surface area contributed by atoms with E-state index < -0.39 is 17.7 Å². The summed E-state index contributed by atoms with van der Waals surface area (Å²) in [7, 11) is 1.82. The molecule has 0 unspecified atom stereocenters. The van der Waals surface area contributed by atoms with Gasteiger partial charge in [0.05, 0.1) is 27.9 Å². The van der Waals surface area contributed by atoms with Crippen molar-refractivity contribution >= 4 is 57.5 Å². The molecular weight excluding hydrogens is 459 g/mol. The molecule has 0 aliphatic rings. The van der Waals surface area contributed by atoms with Crippen molar-refractivity contribution in [2.24, 2.45) is 12.1 Å². The van der Waals surface area contributed by atoms with Gasteiger partial charge in [0, 0.05) is 18.6 Å². The number of benzene rings is 2. The molecule has 1 heterocycles. The molecule has 0 saturated heterocycles. The molecule has 2 N–H and O–H groups in total. The number of nitrogens with one attached hydrogen (secondary N) is 2.